The largest absolute Gasteiger partial charge is 0.377 e. The van der Waals surface area contributed by atoms with Gasteiger partial charge in [-0.2, -0.15) is 0 Å². The van der Waals surface area contributed by atoms with Gasteiger partial charge in [-0.1, -0.05) is 18.2 Å². The molecular weight excluding hydrogens is 256 g/mol. The molecule has 19 heavy (non-hydrogen) atoms. The molecule has 0 aliphatic carbocycles. The average Bonchev–Trinajstić information content (AvgIpc) is 2.94. The highest BCUT2D eigenvalue weighted by Gasteiger charge is 2.10. The van der Waals surface area contributed by atoms with Gasteiger partial charge in [-0.15, -0.1) is 11.3 Å². The third kappa shape index (κ3) is 2.25. The first-order valence-corrected chi connectivity index (χ1v) is 6.99. The number of hydrogen-bond acceptors (Lipinski definition) is 4. The quantitative estimate of drug-likeness (QED) is 0.719. The molecule has 0 bridgehead atoms. The first-order chi connectivity index (χ1) is 9.29. The summed E-state index contributed by atoms with van der Waals surface area (Å²) in [5, 5.41) is 2.05. The zero-order valence-corrected chi connectivity index (χ0v) is 11.6. The van der Waals surface area contributed by atoms with Crippen molar-refractivity contribution in [3.8, 4) is 11.3 Å². The second-order valence-corrected chi connectivity index (χ2v) is 5.28. The Balaban J connectivity index is 2.14. The van der Waals surface area contributed by atoms with E-state index in [2.05, 4.69) is 28.2 Å². The Labute approximate surface area is 115 Å². The highest BCUT2D eigenvalue weighted by Crippen LogP contribution is 2.30. The molecule has 3 aromatic rings. The van der Waals surface area contributed by atoms with Crippen molar-refractivity contribution in [1.82, 2.24) is 9.97 Å². The molecule has 0 amide bonds. The molecule has 0 fully saturated rings. The molecule has 2 aromatic heterocycles. The maximum Gasteiger partial charge on any atom is 0.116 e. The minimum absolute atomic E-state index is 0.0839. The number of aromatic nitrogens is 2. The van der Waals surface area contributed by atoms with Crippen LogP contribution in [0.5, 0.6) is 0 Å². The monoisotopic (exact) mass is 270 g/mol. The Morgan fingerprint density at radius 2 is 2.11 bits per heavy atom. The van der Waals surface area contributed by atoms with Crippen LogP contribution < -0.4 is 0 Å². The predicted molar refractivity (Wildman–Crippen MR) is 78.3 cm³/mol. The molecule has 0 unspecified atom stereocenters. The lowest BCUT2D eigenvalue weighted by atomic mass is 10.0. The summed E-state index contributed by atoms with van der Waals surface area (Å²) in [4.78, 5) is 8.71. The highest BCUT2D eigenvalue weighted by atomic mass is 32.1. The van der Waals surface area contributed by atoms with Crippen LogP contribution in [-0.4, -0.2) is 17.1 Å². The van der Waals surface area contributed by atoms with E-state index in [0.717, 1.165) is 27.0 Å². The normalized spacial score (nSPS) is 12.7. The van der Waals surface area contributed by atoms with Gasteiger partial charge in [0.2, 0.25) is 0 Å². The van der Waals surface area contributed by atoms with Gasteiger partial charge in [0, 0.05) is 12.7 Å². The van der Waals surface area contributed by atoms with Crippen LogP contribution in [0.25, 0.3) is 21.5 Å². The Bertz CT molecular complexity index is 708. The zero-order valence-electron chi connectivity index (χ0n) is 10.8. The topological polar surface area (TPSA) is 35.0 Å². The van der Waals surface area contributed by atoms with E-state index in [1.54, 1.807) is 24.8 Å². The molecule has 0 aliphatic rings. The van der Waals surface area contributed by atoms with E-state index in [-0.39, 0.29) is 6.10 Å². The molecule has 3 nitrogen and oxygen atoms in total. The summed E-state index contributed by atoms with van der Waals surface area (Å²) in [5.41, 5.74) is 4.25. The van der Waals surface area contributed by atoms with Crippen LogP contribution in [0.2, 0.25) is 0 Å². The molecule has 0 N–H and O–H groups in total. The molecule has 96 valence electrons. The van der Waals surface area contributed by atoms with Crippen LogP contribution in [0.4, 0.5) is 0 Å². The van der Waals surface area contributed by atoms with Crippen molar-refractivity contribution >= 4 is 21.6 Å². The first-order valence-electron chi connectivity index (χ1n) is 6.11. The summed E-state index contributed by atoms with van der Waals surface area (Å²) in [7, 11) is 1.72. The molecule has 1 atom stereocenters. The second-order valence-electron chi connectivity index (χ2n) is 4.36. The summed E-state index contributed by atoms with van der Waals surface area (Å²) in [6.45, 7) is 2.04. The number of ether oxygens (including phenoxy) is 1. The summed E-state index contributed by atoms with van der Waals surface area (Å²) in [6, 6.07) is 10.3. The van der Waals surface area contributed by atoms with Crippen molar-refractivity contribution in [1.29, 1.82) is 0 Å². The fraction of sp³-hybridized carbons (Fsp3) is 0.200. The smallest absolute Gasteiger partial charge is 0.116 e. The SMILES string of the molecule is CO[C@H](C)c1cccc(-c2ncnc3ccsc23)c1. The Hall–Kier alpha value is -1.78. The number of rotatable bonds is 3. The van der Waals surface area contributed by atoms with Crippen LogP contribution >= 0.6 is 11.3 Å². The van der Waals surface area contributed by atoms with Crippen LogP contribution in [0.15, 0.2) is 42.0 Å². The van der Waals surface area contributed by atoms with Gasteiger partial charge in [-0.3, -0.25) is 0 Å². The van der Waals surface area contributed by atoms with Crippen LogP contribution in [-0.2, 0) is 4.74 Å². The third-order valence-corrected chi connectivity index (χ3v) is 4.14. The van der Waals surface area contributed by atoms with Gasteiger partial charge in [0.05, 0.1) is 22.0 Å². The first kappa shape index (κ1) is 12.3. The highest BCUT2D eigenvalue weighted by molar-refractivity contribution is 7.17. The van der Waals surface area contributed by atoms with E-state index in [0.29, 0.717) is 0 Å². The molecule has 0 saturated carbocycles. The van der Waals surface area contributed by atoms with Gasteiger partial charge < -0.3 is 4.74 Å². The average molecular weight is 270 g/mol. The molecule has 0 spiro atoms. The summed E-state index contributed by atoms with van der Waals surface area (Å²) in [5.74, 6) is 0. The standard InChI is InChI=1S/C15H14N2OS/c1-10(18-2)11-4-3-5-12(8-11)14-15-13(6-7-19-15)16-9-17-14/h3-10H,1-2H3/t10-/m1/s1. The van der Waals surface area contributed by atoms with E-state index in [1.807, 2.05) is 24.4 Å². The summed E-state index contributed by atoms with van der Waals surface area (Å²) < 4.78 is 6.50. The van der Waals surface area contributed by atoms with E-state index in [4.69, 9.17) is 4.74 Å². The minimum Gasteiger partial charge on any atom is -0.377 e. The lowest BCUT2D eigenvalue weighted by Gasteiger charge is -2.11. The van der Waals surface area contributed by atoms with Gasteiger partial charge in [0.1, 0.15) is 6.33 Å². The fourth-order valence-electron chi connectivity index (χ4n) is 2.07. The number of fused-ring (bicyclic) bond motifs is 1. The van der Waals surface area contributed by atoms with Crippen LogP contribution in [0.3, 0.4) is 0 Å². The Morgan fingerprint density at radius 1 is 1.21 bits per heavy atom. The van der Waals surface area contributed by atoms with Crippen molar-refractivity contribution in [3.63, 3.8) is 0 Å². The maximum absolute atomic E-state index is 5.37. The van der Waals surface area contributed by atoms with Gasteiger partial charge >= 0.3 is 0 Å². The van der Waals surface area contributed by atoms with E-state index in [9.17, 15) is 0 Å². The molecule has 1 aromatic carbocycles. The van der Waals surface area contributed by atoms with Gasteiger partial charge in [0.15, 0.2) is 0 Å². The van der Waals surface area contributed by atoms with Crippen molar-refractivity contribution in [3.05, 3.63) is 47.6 Å². The minimum atomic E-state index is 0.0839. The number of methoxy groups -OCH3 is 1. The zero-order chi connectivity index (χ0) is 13.2. The fourth-order valence-corrected chi connectivity index (χ4v) is 2.93. The van der Waals surface area contributed by atoms with Crippen LogP contribution in [0, 0.1) is 0 Å². The molecule has 2 heterocycles. The summed E-state index contributed by atoms with van der Waals surface area (Å²) >= 11 is 1.67. The number of nitrogens with zero attached hydrogens (tertiary/aromatic N) is 2. The number of hydrogen-bond donors (Lipinski definition) is 0. The predicted octanol–water partition coefficient (Wildman–Crippen LogP) is 4.07. The molecule has 0 saturated heterocycles. The van der Waals surface area contributed by atoms with Crippen molar-refractivity contribution in [2.45, 2.75) is 13.0 Å². The maximum atomic E-state index is 5.37. The molecule has 3 rings (SSSR count). The van der Waals surface area contributed by atoms with Crippen molar-refractivity contribution < 1.29 is 4.74 Å². The Morgan fingerprint density at radius 3 is 2.95 bits per heavy atom. The molecular formula is C15H14N2OS. The number of benzene rings is 1. The Kier molecular flexibility index (Phi) is 3.27. The molecule has 4 heteroatoms. The van der Waals surface area contributed by atoms with E-state index < -0.39 is 0 Å². The summed E-state index contributed by atoms with van der Waals surface area (Å²) in [6.07, 6.45) is 1.71. The van der Waals surface area contributed by atoms with E-state index in [1.165, 1.54) is 0 Å². The molecule has 0 aliphatic heterocycles. The second kappa shape index (κ2) is 5.07. The van der Waals surface area contributed by atoms with Gasteiger partial charge in [0.25, 0.3) is 0 Å². The lowest BCUT2D eigenvalue weighted by molar-refractivity contribution is 0.119. The third-order valence-electron chi connectivity index (χ3n) is 3.23. The lowest BCUT2D eigenvalue weighted by Crippen LogP contribution is -1.96. The van der Waals surface area contributed by atoms with Crippen molar-refractivity contribution in [2.75, 3.05) is 7.11 Å². The van der Waals surface area contributed by atoms with Gasteiger partial charge in [-0.25, -0.2) is 9.97 Å². The van der Waals surface area contributed by atoms with Crippen molar-refractivity contribution in [2.24, 2.45) is 0 Å². The van der Waals surface area contributed by atoms with Gasteiger partial charge in [-0.05, 0) is 30.0 Å². The molecule has 0 radical (unpaired) electrons. The van der Waals surface area contributed by atoms with E-state index >= 15 is 0 Å². The van der Waals surface area contributed by atoms with Crippen LogP contribution in [0.1, 0.15) is 18.6 Å². The number of thiophene rings is 1.